The number of carbonyl (C=O) groups is 1. The van der Waals surface area contributed by atoms with Gasteiger partial charge in [-0.1, -0.05) is 54.1 Å². The van der Waals surface area contributed by atoms with Crippen LogP contribution in [0.3, 0.4) is 0 Å². The lowest BCUT2D eigenvalue weighted by atomic mass is 9.70. The molecule has 2 aromatic heterocycles. The average Bonchev–Trinajstić information content (AvgIpc) is 3.63. The molecule has 4 aromatic rings. The van der Waals surface area contributed by atoms with E-state index in [0.29, 0.717) is 28.0 Å². The Hall–Kier alpha value is -2.67. The fraction of sp³-hybridized carbons (Fsp3) is 0.455. The van der Waals surface area contributed by atoms with Crippen LogP contribution in [0.15, 0.2) is 66.0 Å². The number of para-hydroxylation sites is 2. The Morgan fingerprint density at radius 1 is 0.975 bits per heavy atom. The van der Waals surface area contributed by atoms with Crippen molar-refractivity contribution in [1.82, 2.24) is 19.4 Å². The standard InChI is InChI=1S/C33H37ClN4OS/c1-23-35-29-9-5-6-10-30(29)38(23)27-21-25-11-12-26(22-27)37(25)19-16-33(24-7-3-2-4-8-24)14-17-36(18-15-33)32(39)31-28(34)13-20-40-31/h2-10,13,20,25-27H,11-12,14-19,21-22H2,1H3/t25-,26+,27-. The lowest BCUT2D eigenvalue weighted by Gasteiger charge is -2.45. The quantitative estimate of drug-likeness (QED) is 0.240. The van der Waals surface area contributed by atoms with Crippen LogP contribution in [0.2, 0.25) is 5.02 Å². The zero-order valence-electron chi connectivity index (χ0n) is 23.1. The van der Waals surface area contributed by atoms with Crippen molar-refractivity contribution in [2.24, 2.45) is 0 Å². The number of aromatic nitrogens is 2. The van der Waals surface area contributed by atoms with E-state index in [1.54, 1.807) is 0 Å². The Labute approximate surface area is 245 Å². The number of nitrogens with zero attached hydrogens (tertiary/aromatic N) is 4. The number of rotatable bonds is 6. The zero-order chi connectivity index (χ0) is 27.3. The highest BCUT2D eigenvalue weighted by Gasteiger charge is 2.44. The van der Waals surface area contributed by atoms with Gasteiger partial charge < -0.3 is 9.47 Å². The molecule has 0 radical (unpaired) electrons. The second kappa shape index (κ2) is 10.6. The van der Waals surface area contributed by atoms with Crippen molar-refractivity contribution in [2.75, 3.05) is 19.6 Å². The van der Waals surface area contributed by atoms with E-state index in [2.05, 4.69) is 71.0 Å². The molecule has 40 heavy (non-hydrogen) atoms. The van der Waals surface area contributed by atoms with Crippen LogP contribution in [-0.2, 0) is 5.41 Å². The summed E-state index contributed by atoms with van der Waals surface area (Å²) in [7, 11) is 0. The maximum Gasteiger partial charge on any atom is 0.265 e. The minimum Gasteiger partial charge on any atom is -0.338 e. The van der Waals surface area contributed by atoms with E-state index in [0.717, 1.165) is 50.2 Å². The normalized spacial score (nSPS) is 24.6. The summed E-state index contributed by atoms with van der Waals surface area (Å²) >= 11 is 7.76. The van der Waals surface area contributed by atoms with E-state index in [4.69, 9.17) is 16.6 Å². The van der Waals surface area contributed by atoms with E-state index < -0.39 is 0 Å². The van der Waals surface area contributed by atoms with Gasteiger partial charge >= 0.3 is 0 Å². The Bertz CT molecular complexity index is 1490. The highest BCUT2D eigenvalue weighted by Crippen LogP contribution is 2.45. The molecule has 3 aliphatic rings. The molecule has 2 aromatic carbocycles. The molecule has 0 saturated carbocycles. The molecule has 3 saturated heterocycles. The fourth-order valence-corrected chi connectivity index (χ4v) is 9.10. The topological polar surface area (TPSA) is 41.4 Å². The van der Waals surface area contributed by atoms with Crippen LogP contribution in [0.4, 0.5) is 0 Å². The summed E-state index contributed by atoms with van der Waals surface area (Å²) in [6.07, 6.45) is 8.16. The van der Waals surface area contributed by atoms with E-state index in [1.807, 2.05) is 16.3 Å². The first-order valence-corrected chi connectivity index (χ1v) is 16.1. The molecule has 3 aliphatic heterocycles. The number of hydrogen-bond acceptors (Lipinski definition) is 4. The SMILES string of the molecule is Cc1nc2ccccc2n1[C@@H]1C[C@H]2CC[C@@H](C1)N2CCC1(c2ccccc2)CCN(C(=O)c2sccc2Cl)CC1. The number of hydrogen-bond donors (Lipinski definition) is 0. The minimum absolute atomic E-state index is 0.0871. The first-order valence-electron chi connectivity index (χ1n) is 14.8. The number of benzene rings is 2. The molecule has 208 valence electrons. The van der Waals surface area contributed by atoms with Crippen molar-refractivity contribution in [1.29, 1.82) is 0 Å². The zero-order valence-corrected chi connectivity index (χ0v) is 24.7. The van der Waals surface area contributed by atoms with Gasteiger partial charge in [-0.2, -0.15) is 0 Å². The summed E-state index contributed by atoms with van der Waals surface area (Å²) in [6, 6.07) is 23.3. The van der Waals surface area contributed by atoms with Crippen molar-refractivity contribution in [3.05, 3.63) is 87.3 Å². The van der Waals surface area contributed by atoms with Gasteiger partial charge in [-0.05, 0) is 93.0 Å². The van der Waals surface area contributed by atoms with Gasteiger partial charge in [0.15, 0.2) is 0 Å². The smallest absolute Gasteiger partial charge is 0.265 e. The Kier molecular flexibility index (Phi) is 6.97. The van der Waals surface area contributed by atoms with Gasteiger partial charge in [0, 0.05) is 31.2 Å². The molecular weight excluding hydrogens is 536 g/mol. The highest BCUT2D eigenvalue weighted by molar-refractivity contribution is 7.12. The predicted octanol–water partition coefficient (Wildman–Crippen LogP) is 7.49. The van der Waals surface area contributed by atoms with Crippen molar-refractivity contribution < 1.29 is 4.79 Å². The third kappa shape index (κ3) is 4.58. The molecule has 1 amide bonds. The average molecular weight is 573 g/mol. The summed E-state index contributed by atoms with van der Waals surface area (Å²) in [5, 5.41) is 2.48. The molecule has 0 spiro atoms. The van der Waals surface area contributed by atoms with Crippen LogP contribution in [0.25, 0.3) is 11.0 Å². The second-order valence-corrected chi connectivity index (χ2v) is 13.4. The van der Waals surface area contributed by atoms with Crippen LogP contribution in [-0.4, -0.2) is 57.0 Å². The van der Waals surface area contributed by atoms with Gasteiger partial charge in [-0.15, -0.1) is 11.3 Å². The van der Waals surface area contributed by atoms with Crippen molar-refractivity contribution in [3.8, 4) is 0 Å². The maximum atomic E-state index is 13.2. The van der Waals surface area contributed by atoms with Crippen molar-refractivity contribution in [3.63, 3.8) is 0 Å². The van der Waals surface area contributed by atoms with Gasteiger partial charge in [0.05, 0.1) is 16.1 Å². The molecule has 0 unspecified atom stereocenters. The largest absolute Gasteiger partial charge is 0.338 e. The molecule has 3 atom stereocenters. The van der Waals surface area contributed by atoms with E-state index in [9.17, 15) is 4.79 Å². The first-order chi connectivity index (χ1) is 19.5. The molecule has 5 heterocycles. The number of piperidine rings is 2. The van der Waals surface area contributed by atoms with Crippen LogP contribution >= 0.6 is 22.9 Å². The summed E-state index contributed by atoms with van der Waals surface area (Å²) < 4.78 is 2.52. The summed E-state index contributed by atoms with van der Waals surface area (Å²) in [6.45, 7) is 4.86. The van der Waals surface area contributed by atoms with Gasteiger partial charge in [-0.3, -0.25) is 9.69 Å². The number of aryl methyl sites for hydroxylation is 1. The molecule has 0 N–H and O–H groups in total. The Balaban J connectivity index is 1.07. The van der Waals surface area contributed by atoms with E-state index in [-0.39, 0.29) is 11.3 Å². The number of fused-ring (bicyclic) bond motifs is 3. The van der Waals surface area contributed by atoms with Crippen LogP contribution in [0, 0.1) is 6.92 Å². The van der Waals surface area contributed by atoms with Crippen LogP contribution in [0.5, 0.6) is 0 Å². The van der Waals surface area contributed by atoms with Crippen LogP contribution in [0.1, 0.15) is 72.0 Å². The number of carbonyl (C=O) groups excluding carboxylic acids is 1. The molecule has 0 aliphatic carbocycles. The third-order valence-corrected chi connectivity index (χ3v) is 11.4. The summed E-state index contributed by atoms with van der Waals surface area (Å²) in [4.78, 5) is 23.6. The van der Waals surface area contributed by atoms with Gasteiger partial charge in [0.25, 0.3) is 5.91 Å². The van der Waals surface area contributed by atoms with Crippen LogP contribution < -0.4 is 0 Å². The number of amides is 1. The van der Waals surface area contributed by atoms with Gasteiger partial charge in [-0.25, -0.2) is 4.98 Å². The molecular formula is C33H37ClN4OS. The molecule has 2 bridgehead atoms. The third-order valence-electron chi connectivity index (χ3n) is 10.1. The number of thiophene rings is 1. The Morgan fingerprint density at radius 3 is 2.38 bits per heavy atom. The highest BCUT2D eigenvalue weighted by atomic mass is 35.5. The molecule has 7 rings (SSSR count). The first kappa shape index (κ1) is 26.2. The predicted molar refractivity (Wildman–Crippen MR) is 163 cm³/mol. The van der Waals surface area contributed by atoms with E-state index in [1.165, 1.54) is 48.1 Å². The molecule has 3 fully saturated rings. The second-order valence-electron chi connectivity index (χ2n) is 12.1. The number of halogens is 1. The molecule has 7 heteroatoms. The lowest BCUT2D eigenvalue weighted by Crippen LogP contribution is -2.49. The summed E-state index contributed by atoms with van der Waals surface area (Å²) in [5.74, 6) is 1.23. The van der Waals surface area contributed by atoms with Gasteiger partial charge in [0.2, 0.25) is 0 Å². The summed E-state index contributed by atoms with van der Waals surface area (Å²) in [5.41, 5.74) is 3.93. The molecule has 5 nitrogen and oxygen atoms in total. The van der Waals surface area contributed by atoms with Crippen molar-refractivity contribution in [2.45, 2.75) is 75.4 Å². The van der Waals surface area contributed by atoms with Gasteiger partial charge in [0.1, 0.15) is 10.7 Å². The lowest BCUT2D eigenvalue weighted by molar-refractivity contribution is 0.0611. The monoisotopic (exact) mass is 572 g/mol. The van der Waals surface area contributed by atoms with E-state index >= 15 is 0 Å². The Morgan fingerprint density at radius 2 is 1.68 bits per heavy atom. The maximum absolute atomic E-state index is 13.2. The van der Waals surface area contributed by atoms with Crippen molar-refractivity contribution >= 4 is 39.9 Å². The number of imidazole rings is 1. The number of likely N-dealkylation sites (tertiary alicyclic amines) is 1. The minimum atomic E-state index is 0.0871. The fourth-order valence-electron chi connectivity index (χ4n) is 7.99.